The van der Waals surface area contributed by atoms with Gasteiger partial charge in [0.15, 0.2) is 0 Å². The molecule has 3 saturated heterocycles. The van der Waals surface area contributed by atoms with E-state index in [4.69, 9.17) is 0 Å². The van der Waals surface area contributed by atoms with E-state index in [0.717, 1.165) is 28.7 Å². The number of hydrogen-bond acceptors (Lipinski definition) is 5. The predicted molar refractivity (Wildman–Crippen MR) is 114 cm³/mol. The molecule has 2 amide bonds. The van der Waals surface area contributed by atoms with Crippen LogP contribution in [0.25, 0.3) is 0 Å². The van der Waals surface area contributed by atoms with Crippen molar-refractivity contribution in [1.29, 1.82) is 0 Å². The summed E-state index contributed by atoms with van der Waals surface area (Å²) in [7, 11) is 0. The summed E-state index contributed by atoms with van der Waals surface area (Å²) in [6.07, 6.45) is 4.02. The van der Waals surface area contributed by atoms with Gasteiger partial charge < -0.3 is 10.6 Å². The molecule has 0 aliphatic carbocycles. The molecule has 3 fully saturated rings. The van der Waals surface area contributed by atoms with Crippen molar-refractivity contribution in [2.24, 2.45) is 5.92 Å². The highest BCUT2D eigenvalue weighted by atomic mass is 32.2. The Morgan fingerprint density at radius 2 is 1.86 bits per heavy atom. The summed E-state index contributed by atoms with van der Waals surface area (Å²) in [5.74, 6) is 0.480. The minimum absolute atomic E-state index is 0.00192. The maximum absolute atomic E-state index is 12.8. The Morgan fingerprint density at radius 3 is 2.52 bits per heavy atom. The van der Waals surface area contributed by atoms with Crippen molar-refractivity contribution in [1.82, 2.24) is 15.2 Å². The van der Waals surface area contributed by atoms with Crippen LogP contribution in [0.5, 0.6) is 0 Å². The van der Waals surface area contributed by atoms with Crippen molar-refractivity contribution in [2.45, 2.75) is 48.7 Å². The van der Waals surface area contributed by atoms with Crippen LogP contribution in [0.1, 0.15) is 37.0 Å². The number of hydrogen-bond donors (Lipinski definition) is 2. The molecule has 2 N–H and O–H groups in total. The Hall–Kier alpha value is -2.38. The summed E-state index contributed by atoms with van der Waals surface area (Å²) in [6, 6.07) is 11.8. The maximum Gasteiger partial charge on any atom is 0.251 e. The Morgan fingerprint density at radius 1 is 1.14 bits per heavy atom. The summed E-state index contributed by atoms with van der Waals surface area (Å²) in [6.45, 7) is 6.01. The standard InChI is InChI=1S/C22H26N4O2S/c1-14-21(16-8-11-26(14)12-9-16)25-22(28)17-3-5-19(6-4-17)29-20-13-18(7-10-23-20)24-15(2)27/h3-7,10,13-14,16,21H,8-9,11-12H2,1-2H3,(H,25,28)(H,23,24,27)/t14-,21+/m1/s1. The van der Waals surface area contributed by atoms with Crippen molar-refractivity contribution >= 4 is 29.3 Å². The number of pyridine rings is 1. The van der Waals surface area contributed by atoms with Gasteiger partial charge in [0.25, 0.3) is 5.91 Å². The molecule has 152 valence electrons. The molecular formula is C22H26N4O2S. The van der Waals surface area contributed by atoms with Crippen molar-refractivity contribution < 1.29 is 9.59 Å². The monoisotopic (exact) mass is 410 g/mol. The van der Waals surface area contributed by atoms with Gasteiger partial charge in [-0.2, -0.15) is 0 Å². The molecule has 2 bridgehead atoms. The molecule has 6 nitrogen and oxygen atoms in total. The second-order valence-corrected chi connectivity index (χ2v) is 8.90. The highest BCUT2D eigenvalue weighted by molar-refractivity contribution is 7.99. The molecular weight excluding hydrogens is 384 g/mol. The lowest BCUT2D eigenvalue weighted by Crippen LogP contribution is -2.62. The number of aromatic nitrogens is 1. The van der Waals surface area contributed by atoms with Gasteiger partial charge in [-0.1, -0.05) is 11.8 Å². The highest BCUT2D eigenvalue weighted by Crippen LogP contribution is 2.32. The van der Waals surface area contributed by atoms with Crippen molar-refractivity contribution in [3.8, 4) is 0 Å². The van der Waals surface area contributed by atoms with Crippen molar-refractivity contribution in [2.75, 3.05) is 18.4 Å². The molecule has 29 heavy (non-hydrogen) atoms. The van der Waals surface area contributed by atoms with Crippen LogP contribution in [-0.4, -0.2) is 46.9 Å². The molecule has 4 heterocycles. The van der Waals surface area contributed by atoms with Crippen LogP contribution in [-0.2, 0) is 4.79 Å². The maximum atomic E-state index is 12.8. The first-order chi connectivity index (χ1) is 14.0. The normalized spacial score (nSPS) is 25.4. The highest BCUT2D eigenvalue weighted by Gasteiger charge is 2.40. The first kappa shape index (κ1) is 19.9. The largest absolute Gasteiger partial charge is 0.347 e. The van der Waals surface area contributed by atoms with Gasteiger partial charge >= 0.3 is 0 Å². The third-order valence-corrected chi connectivity index (χ3v) is 6.81. The van der Waals surface area contributed by atoms with Gasteiger partial charge in [-0.25, -0.2) is 4.98 Å². The van der Waals surface area contributed by atoms with Gasteiger partial charge in [-0.15, -0.1) is 0 Å². The Balaban J connectivity index is 1.39. The van der Waals surface area contributed by atoms with Gasteiger partial charge in [-0.05, 0) is 75.2 Å². The third kappa shape index (κ3) is 4.62. The molecule has 0 unspecified atom stereocenters. The van der Waals surface area contributed by atoms with Crippen LogP contribution in [0.2, 0.25) is 0 Å². The molecule has 1 aromatic heterocycles. The van der Waals surface area contributed by atoms with Gasteiger partial charge in [-0.3, -0.25) is 14.5 Å². The van der Waals surface area contributed by atoms with E-state index >= 15 is 0 Å². The van der Waals surface area contributed by atoms with E-state index in [-0.39, 0.29) is 17.9 Å². The number of nitrogens with one attached hydrogen (secondary N) is 2. The van der Waals surface area contributed by atoms with E-state index in [1.54, 1.807) is 12.3 Å². The summed E-state index contributed by atoms with van der Waals surface area (Å²) < 4.78 is 0. The smallest absolute Gasteiger partial charge is 0.251 e. The molecule has 3 aliphatic rings. The lowest BCUT2D eigenvalue weighted by atomic mass is 9.79. The van der Waals surface area contributed by atoms with E-state index in [1.165, 1.54) is 31.5 Å². The average molecular weight is 411 g/mol. The number of carbonyl (C=O) groups is 2. The van der Waals surface area contributed by atoms with Gasteiger partial charge in [0.2, 0.25) is 5.91 Å². The number of benzene rings is 1. The molecule has 1 aromatic carbocycles. The molecule has 2 atom stereocenters. The van der Waals surface area contributed by atoms with Crippen LogP contribution in [0.3, 0.4) is 0 Å². The molecule has 0 spiro atoms. The van der Waals surface area contributed by atoms with Crippen LogP contribution >= 0.6 is 11.8 Å². The van der Waals surface area contributed by atoms with E-state index in [0.29, 0.717) is 17.5 Å². The predicted octanol–water partition coefficient (Wildman–Crippen LogP) is 3.40. The Bertz CT molecular complexity index is 892. The number of anilines is 1. The minimum atomic E-state index is -0.111. The van der Waals surface area contributed by atoms with E-state index in [1.807, 2.05) is 30.3 Å². The zero-order valence-electron chi connectivity index (χ0n) is 16.7. The first-order valence-corrected chi connectivity index (χ1v) is 10.9. The first-order valence-electron chi connectivity index (χ1n) is 10.1. The fourth-order valence-electron chi connectivity index (χ4n) is 4.32. The molecule has 2 aromatic rings. The van der Waals surface area contributed by atoms with Gasteiger partial charge in [0.05, 0.1) is 0 Å². The van der Waals surface area contributed by atoms with Gasteiger partial charge in [0, 0.05) is 41.4 Å². The number of rotatable bonds is 5. The van der Waals surface area contributed by atoms with Crippen molar-refractivity contribution in [3.63, 3.8) is 0 Å². The molecule has 5 rings (SSSR count). The van der Waals surface area contributed by atoms with Crippen molar-refractivity contribution in [3.05, 3.63) is 48.2 Å². The number of nitrogens with zero attached hydrogens (tertiary/aromatic N) is 2. The van der Waals surface area contributed by atoms with E-state index in [2.05, 4.69) is 27.4 Å². The topological polar surface area (TPSA) is 74.3 Å². The summed E-state index contributed by atoms with van der Waals surface area (Å²) in [5.41, 5.74) is 1.40. The zero-order valence-corrected chi connectivity index (χ0v) is 17.5. The second-order valence-electron chi connectivity index (χ2n) is 7.80. The lowest BCUT2D eigenvalue weighted by molar-refractivity contribution is -0.114. The van der Waals surface area contributed by atoms with Gasteiger partial charge in [0.1, 0.15) is 5.03 Å². The quantitative estimate of drug-likeness (QED) is 0.790. The van der Waals surface area contributed by atoms with E-state index < -0.39 is 0 Å². The zero-order chi connectivity index (χ0) is 20.4. The van der Waals surface area contributed by atoms with Crippen LogP contribution in [0.15, 0.2) is 52.5 Å². The number of fused-ring (bicyclic) bond motifs is 3. The molecule has 0 saturated carbocycles. The number of amides is 2. The fraction of sp³-hybridized carbons (Fsp3) is 0.409. The third-order valence-electron chi connectivity index (χ3n) is 5.87. The van der Waals surface area contributed by atoms with Crippen LogP contribution < -0.4 is 10.6 Å². The summed E-state index contributed by atoms with van der Waals surface area (Å²) >= 11 is 1.49. The molecule has 0 radical (unpaired) electrons. The Labute approximate surface area is 175 Å². The summed E-state index contributed by atoms with van der Waals surface area (Å²) in [5, 5.41) is 6.82. The molecule has 7 heteroatoms. The number of carbonyl (C=O) groups excluding carboxylic acids is 2. The fourth-order valence-corrected chi connectivity index (χ4v) is 5.13. The second kappa shape index (κ2) is 8.55. The lowest BCUT2D eigenvalue weighted by Gasteiger charge is -2.49. The van der Waals surface area contributed by atoms with Crippen LogP contribution in [0, 0.1) is 5.92 Å². The number of piperidine rings is 3. The Kier molecular flexibility index (Phi) is 5.87. The minimum Gasteiger partial charge on any atom is -0.347 e. The van der Waals surface area contributed by atoms with E-state index in [9.17, 15) is 9.59 Å². The average Bonchev–Trinajstić information content (AvgIpc) is 2.71. The summed E-state index contributed by atoms with van der Waals surface area (Å²) in [4.78, 5) is 31.8. The molecule has 3 aliphatic heterocycles. The SMILES string of the molecule is CC(=O)Nc1ccnc(Sc2ccc(C(=O)N[C@@H]3C4CCN(CC4)[C@@H]3C)cc2)c1. The van der Waals surface area contributed by atoms with Crippen LogP contribution in [0.4, 0.5) is 5.69 Å².